The van der Waals surface area contributed by atoms with Crippen LogP contribution in [0.1, 0.15) is 10.4 Å². The quantitative estimate of drug-likeness (QED) is 0.682. The highest BCUT2D eigenvalue weighted by Crippen LogP contribution is 2.28. The van der Waals surface area contributed by atoms with Crippen LogP contribution in [0.25, 0.3) is 0 Å². The summed E-state index contributed by atoms with van der Waals surface area (Å²) in [7, 11) is -3.76. The molecule has 1 fully saturated rings. The minimum atomic E-state index is -3.76. The van der Waals surface area contributed by atoms with Gasteiger partial charge in [-0.25, -0.2) is 12.8 Å². The molecule has 3 rings (SSSR count). The van der Waals surface area contributed by atoms with E-state index in [9.17, 15) is 17.6 Å². The zero-order valence-corrected chi connectivity index (χ0v) is 16.6. The van der Waals surface area contributed by atoms with Crippen molar-refractivity contribution >= 4 is 39.0 Å². The summed E-state index contributed by atoms with van der Waals surface area (Å²) in [5.41, 5.74) is 0.428. The van der Waals surface area contributed by atoms with Crippen molar-refractivity contribution in [2.75, 3.05) is 32.7 Å². The molecule has 0 aliphatic carbocycles. The van der Waals surface area contributed by atoms with Crippen molar-refractivity contribution in [3.05, 3.63) is 63.9 Å². The highest BCUT2D eigenvalue weighted by Gasteiger charge is 2.30. The van der Waals surface area contributed by atoms with Crippen LogP contribution in [0.5, 0.6) is 0 Å². The predicted octanol–water partition coefficient (Wildman–Crippen LogP) is 3.32. The average Bonchev–Trinajstić information content (AvgIpc) is 2.64. The molecule has 0 aromatic heterocycles. The van der Waals surface area contributed by atoms with E-state index in [0.717, 1.165) is 0 Å². The maximum atomic E-state index is 13.0. The Kier molecular flexibility index (Phi) is 6.18. The summed E-state index contributed by atoms with van der Waals surface area (Å²) in [6, 6.07) is 9.69. The first-order valence-corrected chi connectivity index (χ1v) is 10.4. The summed E-state index contributed by atoms with van der Waals surface area (Å²) < 4.78 is 39.9. The Hall–Kier alpha value is -1.51. The molecule has 1 aliphatic heterocycles. The van der Waals surface area contributed by atoms with Gasteiger partial charge in [0.05, 0.1) is 11.6 Å². The van der Waals surface area contributed by atoms with Gasteiger partial charge in [-0.15, -0.1) is 0 Å². The molecule has 0 atom stereocenters. The molecule has 2 aromatic rings. The Morgan fingerprint density at radius 3 is 2.26 bits per heavy atom. The summed E-state index contributed by atoms with van der Waals surface area (Å²) in [5, 5.41) is 0.412. The highest BCUT2D eigenvalue weighted by atomic mass is 35.5. The lowest BCUT2D eigenvalue weighted by Gasteiger charge is -2.33. The van der Waals surface area contributed by atoms with Gasteiger partial charge in [0.15, 0.2) is 5.78 Å². The minimum Gasteiger partial charge on any atom is -0.293 e. The van der Waals surface area contributed by atoms with Crippen LogP contribution >= 0.6 is 23.2 Å². The number of piperazine rings is 1. The smallest absolute Gasteiger partial charge is 0.244 e. The van der Waals surface area contributed by atoms with Crippen LogP contribution < -0.4 is 0 Å². The van der Waals surface area contributed by atoms with Crippen molar-refractivity contribution in [2.45, 2.75) is 4.90 Å². The third-order valence-corrected chi connectivity index (χ3v) is 6.99. The van der Waals surface area contributed by atoms with Crippen molar-refractivity contribution < 1.29 is 17.6 Å². The van der Waals surface area contributed by atoms with Crippen LogP contribution in [0, 0.1) is 5.82 Å². The largest absolute Gasteiger partial charge is 0.293 e. The fourth-order valence-electron chi connectivity index (χ4n) is 2.87. The molecule has 0 N–H and O–H groups in total. The fraction of sp³-hybridized carbons (Fsp3) is 0.278. The molecular formula is C18H17Cl2FN2O3S. The molecule has 1 aliphatic rings. The lowest BCUT2D eigenvalue weighted by molar-refractivity contribution is 0.0901. The molecule has 0 bridgehead atoms. The lowest BCUT2D eigenvalue weighted by Crippen LogP contribution is -2.49. The zero-order chi connectivity index (χ0) is 19.6. The van der Waals surface area contributed by atoms with Gasteiger partial charge in [0, 0.05) is 36.8 Å². The lowest BCUT2D eigenvalue weighted by atomic mass is 10.1. The molecule has 5 nitrogen and oxygen atoms in total. The first kappa shape index (κ1) is 20.2. The molecule has 0 saturated carbocycles. The van der Waals surface area contributed by atoms with Gasteiger partial charge in [0.1, 0.15) is 10.7 Å². The third kappa shape index (κ3) is 4.67. The Morgan fingerprint density at radius 2 is 1.63 bits per heavy atom. The summed E-state index contributed by atoms with van der Waals surface area (Å²) >= 11 is 11.9. The van der Waals surface area contributed by atoms with Crippen molar-refractivity contribution in [1.82, 2.24) is 9.21 Å². The molecule has 2 aromatic carbocycles. The summed E-state index contributed by atoms with van der Waals surface area (Å²) in [6.45, 7) is 1.44. The van der Waals surface area contributed by atoms with E-state index in [1.54, 1.807) is 0 Å². The number of Topliss-reactive ketones (excluding diaryl/α,β-unsaturated/α-hetero) is 1. The molecule has 0 radical (unpaired) electrons. The van der Waals surface area contributed by atoms with Crippen molar-refractivity contribution in [2.24, 2.45) is 0 Å². The number of benzene rings is 2. The Bertz CT molecular complexity index is 944. The Labute approximate surface area is 167 Å². The van der Waals surface area contributed by atoms with E-state index >= 15 is 0 Å². The Morgan fingerprint density at radius 1 is 1.00 bits per heavy atom. The Balaban J connectivity index is 1.63. The topological polar surface area (TPSA) is 57.7 Å². The number of carbonyl (C=O) groups is 1. The second kappa shape index (κ2) is 8.24. The molecule has 27 heavy (non-hydrogen) atoms. The number of sulfonamides is 1. The van der Waals surface area contributed by atoms with E-state index in [4.69, 9.17) is 23.2 Å². The van der Waals surface area contributed by atoms with Crippen LogP contribution in [0.3, 0.4) is 0 Å². The normalized spacial score (nSPS) is 16.4. The number of ketones is 1. The third-order valence-electron chi connectivity index (χ3n) is 4.38. The minimum absolute atomic E-state index is 0.0208. The van der Waals surface area contributed by atoms with E-state index in [-0.39, 0.29) is 35.3 Å². The van der Waals surface area contributed by atoms with E-state index in [2.05, 4.69) is 0 Å². The van der Waals surface area contributed by atoms with Gasteiger partial charge in [0.25, 0.3) is 0 Å². The zero-order valence-electron chi connectivity index (χ0n) is 14.2. The predicted molar refractivity (Wildman–Crippen MR) is 102 cm³/mol. The molecular weight excluding hydrogens is 414 g/mol. The first-order chi connectivity index (χ1) is 12.8. The fourth-order valence-corrected chi connectivity index (χ4v) is 5.03. The maximum Gasteiger partial charge on any atom is 0.244 e. The number of halogens is 3. The maximum absolute atomic E-state index is 13.0. The van der Waals surface area contributed by atoms with Crippen molar-refractivity contribution in [3.63, 3.8) is 0 Å². The number of carbonyl (C=O) groups excluding carboxylic acids is 1. The summed E-state index contributed by atoms with van der Waals surface area (Å²) in [4.78, 5) is 14.1. The molecule has 9 heteroatoms. The average molecular weight is 431 g/mol. The van der Waals surface area contributed by atoms with Crippen molar-refractivity contribution in [3.8, 4) is 0 Å². The van der Waals surface area contributed by atoms with Crippen LogP contribution in [0.2, 0.25) is 10.0 Å². The summed E-state index contributed by atoms with van der Waals surface area (Å²) in [5.74, 6) is -0.533. The second-order valence-electron chi connectivity index (χ2n) is 6.19. The molecule has 144 valence electrons. The number of hydrogen-bond acceptors (Lipinski definition) is 4. The van der Waals surface area contributed by atoms with Crippen LogP contribution in [0.4, 0.5) is 4.39 Å². The van der Waals surface area contributed by atoms with E-state index < -0.39 is 15.8 Å². The van der Waals surface area contributed by atoms with Crippen LogP contribution in [-0.4, -0.2) is 56.1 Å². The van der Waals surface area contributed by atoms with Gasteiger partial charge in [-0.1, -0.05) is 23.2 Å². The number of nitrogens with zero attached hydrogens (tertiary/aromatic N) is 2. The highest BCUT2D eigenvalue weighted by molar-refractivity contribution is 7.89. The molecule has 0 unspecified atom stereocenters. The SMILES string of the molecule is O=C(CN1CCN(S(=O)(=O)c2cc(Cl)ccc2Cl)CC1)c1ccc(F)cc1. The van der Waals surface area contributed by atoms with E-state index in [1.165, 1.54) is 46.8 Å². The van der Waals surface area contributed by atoms with Gasteiger partial charge in [-0.2, -0.15) is 4.31 Å². The van der Waals surface area contributed by atoms with Crippen molar-refractivity contribution in [1.29, 1.82) is 0 Å². The van der Waals surface area contributed by atoms with E-state index in [1.807, 2.05) is 4.90 Å². The van der Waals surface area contributed by atoms with E-state index in [0.29, 0.717) is 23.7 Å². The molecule has 1 heterocycles. The monoisotopic (exact) mass is 430 g/mol. The van der Waals surface area contributed by atoms with Gasteiger partial charge < -0.3 is 0 Å². The second-order valence-corrected chi connectivity index (χ2v) is 8.94. The number of rotatable bonds is 5. The van der Waals surface area contributed by atoms with Gasteiger partial charge in [-0.3, -0.25) is 9.69 Å². The summed E-state index contributed by atoms with van der Waals surface area (Å²) in [6.07, 6.45) is 0. The van der Waals surface area contributed by atoms with Crippen LogP contribution in [-0.2, 0) is 10.0 Å². The standard InChI is InChI=1S/C18H17Cl2FN2O3S/c19-14-3-6-16(20)18(11-14)27(25,26)23-9-7-22(8-10-23)12-17(24)13-1-4-15(21)5-2-13/h1-6,11H,7-10,12H2. The van der Waals surface area contributed by atoms with Gasteiger partial charge >= 0.3 is 0 Å². The molecule has 0 spiro atoms. The number of hydrogen-bond donors (Lipinski definition) is 0. The van der Waals surface area contributed by atoms with Gasteiger partial charge in [-0.05, 0) is 42.5 Å². The molecule has 1 saturated heterocycles. The van der Waals surface area contributed by atoms with Crippen LogP contribution in [0.15, 0.2) is 47.4 Å². The first-order valence-electron chi connectivity index (χ1n) is 8.24. The van der Waals surface area contributed by atoms with Gasteiger partial charge in [0.2, 0.25) is 10.0 Å². The molecule has 0 amide bonds.